The molecule has 5 atom stereocenters. The van der Waals surface area contributed by atoms with Gasteiger partial charge in [-0.05, 0) is 5.56 Å². The Hall–Kier alpha value is -0.630. The van der Waals surface area contributed by atoms with Crippen LogP contribution in [0.3, 0.4) is 0 Å². The average molecular weight is 328 g/mol. The molecule has 1 aromatic carbocycles. The minimum absolute atomic E-state index is 0.254. The van der Waals surface area contributed by atoms with Crippen LogP contribution in [-0.2, 0) is 16.1 Å². The molecular weight excluding hydrogens is 304 g/mol. The quantitative estimate of drug-likeness (QED) is 0.727. The predicted octanol–water partition coefficient (Wildman–Crippen LogP) is 1.15. The van der Waals surface area contributed by atoms with Crippen LogP contribution < -0.4 is 0 Å². The Morgan fingerprint density at radius 2 is 1.86 bits per heavy atom. The van der Waals surface area contributed by atoms with Crippen molar-refractivity contribution in [3.63, 3.8) is 0 Å². The predicted molar refractivity (Wildman–Crippen MR) is 85.5 cm³/mol. The van der Waals surface area contributed by atoms with E-state index < -0.39 is 29.9 Å². The average Bonchev–Trinajstić information content (AvgIpc) is 2.50. The first-order valence-electron chi connectivity index (χ1n) is 7.46. The number of rotatable bonds is 6. The van der Waals surface area contributed by atoms with Crippen LogP contribution in [0.4, 0.5) is 0 Å². The Morgan fingerprint density at radius 1 is 1.18 bits per heavy atom. The molecule has 0 radical (unpaired) electrons. The summed E-state index contributed by atoms with van der Waals surface area (Å²) in [6, 6.07) is 9.57. The van der Waals surface area contributed by atoms with E-state index in [2.05, 4.69) is 0 Å². The number of hydrogen-bond donors (Lipinski definition) is 3. The summed E-state index contributed by atoms with van der Waals surface area (Å²) in [5, 5.41) is 30.3. The number of hydrogen-bond acceptors (Lipinski definition) is 6. The fourth-order valence-electron chi connectivity index (χ4n) is 2.40. The van der Waals surface area contributed by atoms with E-state index in [0.717, 1.165) is 5.56 Å². The van der Waals surface area contributed by atoms with Crippen LogP contribution in [0.25, 0.3) is 0 Å². The summed E-state index contributed by atoms with van der Waals surface area (Å²) in [6.07, 6.45) is -3.55. The molecule has 1 fully saturated rings. The number of aliphatic hydroxyl groups is 3. The van der Waals surface area contributed by atoms with Crippen LogP contribution in [0.1, 0.15) is 19.4 Å². The topological polar surface area (TPSA) is 79.2 Å². The zero-order chi connectivity index (χ0) is 16.1. The summed E-state index contributed by atoms with van der Waals surface area (Å²) < 4.78 is 11.3. The second-order valence-corrected chi connectivity index (χ2v) is 7.33. The summed E-state index contributed by atoms with van der Waals surface area (Å²) in [6.45, 7) is 3.98. The largest absolute Gasteiger partial charge is 0.394 e. The van der Waals surface area contributed by atoms with Crippen molar-refractivity contribution in [2.45, 2.75) is 55.6 Å². The molecule has 0 bridgehead atoms. The van der Waals surface area contributed by atoms with Crippen molar-refractivity contribution in [1.82, 2.24) is 0 Å². The Morgan fingerprint density at radius 3 is 2.45 bits per heavy atom. The molecular formula is C16H24O5S. The van der Waals surface area contributed by atoms with E-state index in [4.69, 9.17) is 9.47 Å². The number of aliphatic hydroxyl groups excluding tert-OH is 3. The van der Waals surface area contributed by atoms with Crippen LogP contribution in [0.5, 0.6) is 0 Å². The molecule has 0 amide bonds. The lowest BCUT2D eigenvalue weighted by Crippen LogP contribution is -2.58. The lowest BCUT2D eigenvalue weighted by atomic mass is 10.00. The molecule has 0 unspecified atom stereocenters. The van der Waals surface area contributed by atoms with Crippen molar-refractivity contribution in [3.8, 4) is 0 Å². The van der Waals surface area contributed by atoms with Gasteiger partial charge in [0.2, 0.25) is 0 Å². The molecule has 1 aromatic rings. The van der Waals surface area contributed by atoms with Crippen molar-refractivity contribution < 1.29 is 24.8 Å². The molecule has 0 aromatic heterocycles. The Balaban J connectivity index is 2.04. The molecule has 1 aliphatic rings. The van der Waals surface area contributed by atoms with E-state index in [-0.39, 0.29) is 18.5 Å². The number of ether oxygens (including phenoxy) is 2. The van der Waals surface area contributed by atoms with E-state index in [1.807, 2.05) is 44.2 Å². The summed E-state index contributed by atoms with van der Waals surface area (Å²) in [5.41, 5.74) is 0.434. The smallest absolute Gasteiger partial charge is 0.132 e. The molecule has 0 aliphatic carbocycles. The summed E-state index contributed by atoms with van der Waals surface area (Å²) in [4.78, 5) is 0. The van der Waals surface area contributed by atoms with Gasteiger partial charge in [-0.25, -0.2) is 0 Å². The van der Waals surface area contributed by atoms with E-state index in [1.54, 1.807) is 0 Å². The van der Waals surface area contributed by atoms with Gasteiger partial charge in [-0.3, -0.25) is 0 Å². The standard InChI is InChI=1S/C16H24O5S/c1-10(2)22-16-14(19)15(13(18)12(8-17)21-16)20-9-11-6-4-3-5-7-11/h3-7,10,12-19H,8-9H2,1-2H3/t12-,13+,14-,15+,16+/m1/s1. The highest BCUT2D eigenvalue weighted by Gasteiger charge is 2.45. The van der Waals surface area contributed by atoms with Gasteiger partial charge in [0, 0.05) is 5.25 Å². The van der Waals surface area contributed by atoms with E-state index in [9.17, 15) is 15.3 Å². The number of benzene rings is 1. The molecule has 1 saturated heterocycles. The molecule has 5 nitrogen and oxygen atoms in total. The maximum absolute atomic E-state index is 10.4. The third kappa shape index (κ3) is 4.44. The minimum atomic E-state index is -1.06. The summed E-state index contributed by atoms with van der Waals surface area (Å²) in [5.74, 6) is 0. The zero-order valence-electron chi connectivity index (χ0n) is 12.8. The normalized spacial score (nSPS) is 32.4. The molecule has 2 rings (SSSR count). The van der Waals surface area contributed by atoms with Gasteiger partial charge in [0.25, 0.3) is 0 Å². The molecule has 0 saturated carbocycles. The third-order valence-corrected chi connectivity index (χ3v) is 4.72. The fraction of sp³-hybridized carbons (Fsp3) is 0.625. The second-order valence-electron chi connectivity index (χ2n) is 5.65. The molecule has 0 spiro atoms. The van der Waals surface area contributed by atoms with Gasteiger partial charge in [0.05, 0.1) is 13.2 Å². The first-order chi connectivity index (χ1) is 10.5. The van der Waals surface area contributed by atoms with Crippen molar-refractivity contribution >= 4 is 11.8 Å². The van der Waals surface area contributed by atoms with Crippen molar-refractivity contribution in [2.24, 2.45) is 0 Å². The molecule has 1 heterocycles. The SMILES string of the molecule is CC(C)S[C@@H]1O[C@H](CO)[C@H](O)[C@H](OCc2ccccc2)[C@H]1O. The van der Waals surface area contributed by atoms with Crippen LogP contribution in [0.15, 0.2) is 30.3 Å². The first-order valence-corrected chi connectivity index (χ1v) is 8.40. The van der Waals surface area contributed by atoms with Gasteiger partial charge < -0.3 is 24.8 Å². The van der Waals surface area contributed by atoms with Crippen molar-refractivity contribution in [2.75, 3.05) is 6.61 Å². The second kappa shape index (κ2) is 8.29. The third-order valence-electron chi connectivity index (χ3n) is 3.51. The van der Waals surface area contributed by atoms with Gasteiger partial charge in [0.15, 0.2) is 0 Å². The zero-order valence-corrected chi connectivity index (χ0v) is 13.6. The first kappa shape index (κ1) is 17.7. The lowest BCUT2D eigenvalue weighted by Gasteiger charge is -2.42. The van der Waals surface area contributed by atoms with Gasteiger partial charge in [-0.2, -0.15) is 0 Å². The van der Waals surface area contributed by atoms with Crippen LogP contribution in [0.2, 0.25) is 0 Å². The van der Waals surface area contributed by atoms with Gasteiger partial charge in [-0.1, -0.05) is 44.2 Å². The maximum atomic E-state index is 10.4. The monoisotopic (exact) mass is 328 g/mol. The van der Waals surface area contributed by atoms with Gasteiger partial charge in [-0.15, -0.1) is 11.8 Å². The highest BCUT2D eigenvalue weighted by Crippen LogP contribution is 2.32. The highest BCUT2D eigenvalue weighted by molar-refractivity contribution is 8.00. The van der Waals surface area contributed by atoms with Crippen molar-refractivity contribution in [3.05, 3.63) is 35.9 Å². The molecule has 6 heteroatoms. The minimum Gasteiger partial charge on any atom is -0.394 e. The van der Waals surface area contributed by atoms with Crippen LogP contribution >= 0.6 is 11.8 Å². The van der Waals surface area contributed by atoms with Gasteiger partial charge >= 0.3 is 0 Å². The highest BCUT2D eigenvalue weighted by atomic mass is 32.2. The Bertz CT molecular complexity index is 441. The Kier molecular flexibility index (Phi) is 6.67. The summed E-state index contributed by atoms with van der Waals surface area (Å²) >= 11 is 1.46. The maximum Gasteiger partial charge on any atom is 0.132 e. The van der Waals surface area contributed by atoms with E-state index in [0.29, 0.717) is 0 Å². The van der Waals surface area contributed by atoms with Crippen molar-refractivity contribution in [1.29, 1.82) is 0 Å². The van der Waals surface area contributed by atoms with Gasteiger partial charge in [0.1, 0.15) is 29.9 Å². The molecule has 1 aliphatic heterocycles. The lowest BCUT2D eigenvalue weighted by molar-refractivity contribution is -0.223. The summed E-state index contributed by atoms with van der Waals surface area (Å²) in [7, 11) is 0. The molecule has 22 heavy (non-hydrogen) atoms. The molecule has 3 N–H and O–H groups in total. The van der Waals surface area contributed by atoms with Crippen LogP contribution in [-0.4, -0.2) is 57.0 Å². The Labute approximate surface area is 135 Å². The molecule has 124 valence electrons. The van der Waals surface area contributed by atoms with E-state index in [1.165, 1.54) is 11.8 Å². The fourth-order valence-corrected chi connectivity index (χ4v) is 3.46. The number of thioether (sulfide) groups is 1. The van der Waals surface area contributed by atoms with Crippen LogP contribution in [0, 0.1) is 0 Å². The van der Waals surface area contributed by atoms with E-state index >= 15 is 0 Å².